The highest BCUT2D eigenvalue weighted by Crippen LogP contribution is 2.32. The molecule has 3 heteroatoms. The van der Waals surface area contributed by atoms with E-state index in [4.69, 9.17) is 9.47 Å². The first-order valence-electron chi connectivity index (χ1n) is 5.65. The van der Waals surface area contributed by atoms with E-state index in [1.807, 2.05) is 13.8 Å². The van der Waals surface area contributed by atoms with Crippen molar-refractivity contribution in [3.63, 3.8) is 0 Å². The van der Waals surface area contributed by atoms with E-state index >= 15 is 0 Å². The first-order valence-corrected chi connectivity index (χ1v) is 6.56. The lowest BCUT2D eigenvalue weighted by molar-refractivity contribution is -0.172. The Balaban J connectivity index is 2.39. The number of ether oxygens (including phenoxy) is 2. The van der Waals surface area contributed by atoms with Crippen molar-refractivity contribution in [1.29, 1.82) is 0 Å². The number of rotatable bonds is 5. The Kier molecular flexibility index (Phi) is 6.06. The van der Waals surface area contributed by atoms with Gasteiger partial charge in [0.15, 0.2) is 6.29 Å². The lowest BCUT2D eigenvalue weighted by atomic mass is 9.88. The summed E-state index contributed by atoms with van der Waals surface area (Å²) in [6, 6.07) is 0. The van der Waals surface area contributed by atoms with E-state index < -0.39 is 0 Å². The van der Waals surface area contributed by atoms with Crippen molar-refractivity contribution in [2.45, 2.75) is 50.6 Å². The van der Waals surface area contributed by atoms with Crippen molar-refractivity contribution in [2.75, 3.05) is 13.2 Å². The van der Waals surface area contributed by atoms with E-state index in [0.29, 0.717) is 10.7 Å². The first-order chi connectivity index (χ1) is 6.77. The zero-order valence-electron chi connectivity index (χ0n) is 9.17. The van der Waals surface area contributed by atoms with Gasteiger partial charge >= 0.3 is 0 Å². The molecule has 1 aliphatic carbocycles. The van der Waals surface area contributed by atoms with E-state index in [0.717, 1.165) is 13.2 Å². The third-order valence-corrected chi connectivity index (χ3v) is 3.53. The molecule has 2 atom stereocenters. The second kappa shape index (κ2) is 6.81. The van der Waals surface area contributed by atoms with E-state index in [9.17, 15) is 0 Å². The molecule has 0 amide bonds. The van der Waals surface area contributed by atoms with Gasteiger partial charge in [0.2, 0.25) is 0 Å². The van der Waals surface area contributed by atoms with Crippen molar-refractivity contribution in [1.82, 2.24) is 0 Å². The van der Waals surface area contributed by atoms with Crippen LogP contribution in [0, 0.1) is 5.92 Å². The predicted molar refractivity (Wildman–Crippen MR) is 61.7 cm³/mol. The van der Waals surface area contributed by atoms with Gasteiger partial charge in [-0.2, -0.15) is 0 Å². The van der Waals surface area contributed by atoms with Crippen LogP contribution in [-0.2, 0) is 9.47 Å². The van der Waals surface area contributed by atoms with E-state index in [1.165, 1.54) is 25.7 Å². The van der Waals surface area contributed by atoms with Crippen LogP contribution in [0.2, 0.25) is 0 Å². The minimum atomic E-state index is 0.0188. The molecule has 0 aliphatic heterocycles. The highest BCUT2D eigenvalue weighted by molar-refractivity contribution is 9.09. The normalized spacial score (nSPS) is 28.3. The highest BCUT2D eigenvalue weighted by atomic mass is 79.9. The summed E-state index contributed by atoms with van der Waals surface area (Å²) in [7, 11) is 0. The molecule has 1 fully saturated rings. The Morgan fingerprint density at radius 3 is 2.36 bits per heavy atom. The quantitative estimate of drug-likeness (QED) is 0.560. The lowest BCUT2D eigenvalue weighted by Crippen LogP contribution is -2.31. The van der Waals surface area contributed by atoms with Gasteiger partial charge in [-0.3, -0.25) is 0 Å². The molecule has 0 radical (unpaired) electrons. The van der Waals surface area contributed by atoms with Crippen LogP contribution in [0.4, 0.5) is 0 Å². The Bertz CT molecular complexity index is 143. The Hall–Kier alpha value is 0.400. The predicted octanol–water partition coefficient (Wildman–Crippen LogP) is 3.34. The molecule has 0 heterocycles. The van der Waals surface area contributed by atoms with Crippen LogP contribution < -0.4 is 0 Å². The van der Waals surface area contributed by atoms with Gasteiger partial charge in [0.25, 0.3) is 0 Å². The SMILES string of the molecule is CCOC(OCC)C1CCCC(Br)C1. The monoisotopic (exact) mass is 264 g/mol. The molecule has 1 aliphatic rings. The zero-order valence-corrected chi connectivity index (χ0v) is 10.8. The summed E-state index contributed by atoms with van der Waals surface area (Å²) in [5.41, 5.74) is 0. The second-order valence-corrected chi connectivity index (χ2v) is 5.10. The maximum atomic E-state index is 5.63. The third-order valence-electron chi connectivity index (χ3n) is 2.70. The minimum Gasteiger partial charge on any atom is -0.353 e. The first kappa shape index (κ1) is 12.5. The Labute approximate surface area is 95.5 Å². The van der Waals surface area contributed by atoms with Crippen LogP contribution in [0.1, 0.15) is 39.5 Å². The Morgan fingerprint density at radius 1 is 1.21 bits per heavy atom. The molecule has 1 rings (SSSR count). The van der Waals surface area contributed by atoms with Crippen LogP contribution in [0.25, 0.3) is 0 Å². The van der Waals surface area contributed by atoms with Crippen molar-refractivity contribution in [2.24, 2.45) is 5.92 Å². The summed E-state index contributed by atoms with van der Waals surface area (Å²) in [6.07, 6.45) is 5.03. The Morgan fingerprint density at radius 2 is 1.86 bits per heavy atom. The minimum absolute atomic E-state index is 0.0188. The number of hydrogen-bond donors (Lipinski definition) is 0. The van der Waals surface area contributed by atoms with E-state index in [2.05, 4.69) is 15.9 Å². The molecule has 0 aromatic heterocycles. The fraction of sp³-hybridized carbons (Fsp3) is 1.00. The third kappa shape index (κ3) is 3.87. The van der Waals surface area contributed by atoms with Crippen molar-refractivity contribution in [3.05, 3.63) is 0 Å². The van der Waals surface area contributed by atoms with Crippen LogP contribution >= 0.6 is 15.9 Å². The summed E-state index contributed by atoms with van der Waals surface area (Å²) in [4.78, 5) is 0.657. The maximum absolute atomic E-state index is 5.63. The standard InChI is InChI=1S/C11H21BrO2/c1-3-13-11(14-4-2)9-6-5-7-10(12)8-9/h9-11H,3-8H2,1-2H3. The van der Waals surface area contributed by atoms with Gasteiger partial charge < -0.3 is 9.47 Å². The van der Waals surface area contributed by atoms with Crippen LogP contribution in [0.5, 0.6) is 0 Å². The summed E-state index contributed by atoms with van der Waals surface area (Å²) in [5.74, 6) is 0.577. The van der Waals surface area contributed by atoms with Crippen molar-refractivity contribution >= 4 is 15.9 Å². The van der Waals surface area contributed by atoms with Crippen molar-refractivity contribution < 1.29 is 9.47 Å². The van der Waals surface area contributed by atoms with Gasteiger partial charge in [-0.15, -0.1) is 0 Å². The number of halogens is 1. The van der Waals surface area contributed by atoms with Crippen molar-refractivity contribution in [3.8, 4) is 0 Å². The smallest absolute Gasteiger partial charge is 0.160 e. The van der Waals surface area contributed by atoms with Gasteiger partial charge in [-0.05, 0) is 33.1 Å². The number of alkyl halides is 1. The van der Waals surface area contributed by atoms with Gasteiger partial charge in [0.1, 0.15) is 0 Å². The van der Waals surface area contributed by atoms with Gasteiger partial charge in [0.05, 0.1) is 0 Å². The molecule has 0 N–H and O–H groups in total. The van der Waals surface area contributed by atoms with Gasteiger partial charge in [0, 0.05) is 24.0 Å². The van der Waals surface area contributed by atoms with Gasteiger partial charge in [-0.25, -0.2) is 0 Å². The van der Waals surface area contributed by atoms with Crippen LogP contribution in [0.15, 0.2) is 0 Å². The summed E-state index contributed by atoms with van der Waals surface area (Å²) in [6.45, 7) is 5.54. The topological polar surface area (TPSA) is 18.5 Å². The molecule has 0 spiro atoms. The molecular formula is C11H21BrO2. The average molecular weight is 265 g/mol. The highest BCUT2D eigenvalue weighted by Gasteiger charge is 2.28. The lowest BCUT2D eigenvalue weighted by Gasteiger charge is -2.31. The molecule has 0 bridgehead atoms. The second-order valence-electron chi connectivity index (χ2n) is 3.80. The summed E-state index contributed by atoms with van der Waals surface area (Å²) in [5, 5.41) is 0. The fourth-order valence-corrected chi connectivity index (χ4v) is 2.87. The maximum Gasteiger partial charge on any atom is 0.160 e. The molecule has 0 aromatic carbocycles. The molecule has 2 nitrogen and oxygen atoms in total. The fourth-order valence-electron chi connectivity index (χ4n) is 2.06. The van der Waals surface area contributed by atoms with E-state index in [1.54, 1.807) is 0 Å². The molecular weight excluding hydrogens is 244 g/mol. The molecule has 0 aromatic rings. The molecule has 0 saturated heterocycles. The van der Waals surface area contributed by atoms with Crippen LogP contribution in [-0.4, -0.2) is 24.3 Å². The molecule has 2 unspecified atom stereocenters. The summed E-state index contributed by atoms with van der Waals surface area (Å²) < 4.78 is 11.3. The summed E-state index contributed by atoms with van der Waals surface area (Å²) >= 11 is 3.69. The number of hydrogen-bond acceptors (Lipinski definition) is 2. The van der Waals surface area contributed by atoms with E-state index in [-0.39, 0.29) is 6.29 Å². The molecule has 84 valence electrons. The largest absolute Gasteiger partial charge is 0.353 e. The average Bonchev–Trinajstić information content (AvgIpc) is 2.17. The van der Waals surface area contributed by atoms with Gasteiger partial charge in [-0.1, -0.05) is 22.4 Å². The molecule has 14 heavy (non-hydrogen) atoms. The van der Waals surface area contributed by atoms with Crippen LogP contribution in [0.3, 0.4) is 0 Å². The zero-order chi connectivity index (χ0) is 10.4. The molecule has 1 saturated carbocycles.